The number of hydrogen-bond acceptors (Lipinski definition) is 5. The summed E-state index contributed by atoms with van der Waals surface area (Å²) in [5.74, 6) is -0.166. The SMILES string of the molecule is CCN1CCN(C(=O)c2ccc3c(=O)n(C)c(=O)n(C)c3n2)CC1. The Morgan fingerprint density at radius 2 is 1.75 bits per heavy atom. The first-order chi connectivity index (χ1) is 11.4. The van der Waals surface area contributed by atoms with Gasteiger partial charge in [-0.2, -0.15) is 0 Å². The van der Waals surface area contributed by atoms with E-state index in [4.69, 9.17) is 0 Å². The summed E-state index contributed by atoms with van der Waals surface area (Å²) in [5.41, 5.74) is -0.367. The van der Waals surface area contributed by atoms with E-state index in [0.717, 1.165) is 24.2 Å². The molecule has 0 atom stereocenters. The Morgan fingerprint density at radius 3 is 2.38 bits per heavy atom. The van der Waals surface area contributed by atoms with Gasteiger partial charge in [0.05, 0.1) is 5.39 Å². The quantitative estimate of drug-likeness (QED) is 0.735. The number of aryl methyl sites for hydroxylation is 1. The van der Waals surface area contributed by atoms with E-state index in [1.807, 2.05) is 0 Å². The maximum absolute atomic E-state index is 12.7. The Balaban J connectivity index is 1.98. The Kier molecular flexibility index (Phi) is 4.23. The number of aromatic nitrogens is 3. The molecule has 0 aromatic carbocycles. The number of pyridine rings is 1. The monoisotopic (exact) mass is 331 g/mol. The molecule has 0 aliphatic carbocycles. The van der Waals surface area contributed by atoms with E-state index >= 15 is 0 Å². The molecule has 1 aliphatic heterocycles. The van der Waals surface area contributed by atoms with Crippen molar-refractivity contribution in [1.82, 2.24) is 23.9 Å². The summed E-state index contributed by atoms with van der Waals surface area (Å²) in [5, 5.41) is 0.326. The molecule has 0 unspecified atom stereocenters. The van der Waals surface area contributed by atoms with Crippen molar-refractivity contribution in [3.63, 3.8) is 0 Å². The molecule has 0 spiro atoms. The standard InChI is InChI=1S/C16H21N5O3/c1-4-20-7-9-21(10-8-20)15(23)12-6-5-11-13(17-12)18(2)16(24)19(3)14(11)22/h5-6H,4,7-10H2,1-3H3. The molecule has 0 saturated carbocycles. The minimum absolute atomic E-state index is 0.166. The maximum atomic E-state index is 12.7. The topological polar surface area (TPSA) is 80.4 Å². The molecule has 2 aromatic heterocycles. The zero-order valence-electron chi connectivity index (χ0n) is 14.2. The third kappa shape index (κ3) is 2.62. The summed E-state index contributed by atoms with van der Waals surface area (Å²) in [6, 6.07) is 3.13. The zero-order chi connectivity index (χ0) is 17.4. The van der Waals surface area contributed by atoms with Crippen LogP contribution in [0.25, 0.3) is 11.0 Å². The van der Waals surface area contributed by atoms with Crippen LogP contribution in [-0.4, -0.2) is 62.5 Å². The molecule has 1 aliphatic rings. The minimum Gasteiger partial charge on any atom is -0.335 e. The van der Waals surface area contributed by atoms with E-state index in [9.17, 15) is 14.4 Å². The van der Waals surface area contributed by atoms with E-state index in [-0.39, 0.29) is 17.2 Å². The first-order valence-electron chi connectivity index (χ1n) is 8.02. The van der Waals surface area contributed by atoms with Gasteiger partial charge in [-0.3, -0.25) is 18.7 Å². The van der Waals surface area contributed by atoms with E-state index in [1.54, 1.807) is 24.1 Å². The fourth-order valence-electron chi connectivity index (χ4n) is 3.00. The van der Waals surface area contributed by atoms with Crippen LogP contribution in [0, 0.1) is 0 Å². The molecule has 0 bridgehead atoms. The molecular formula is C16H21N5O3. The molecule has 8 nitrogen and oxygen atoms in total. The van der Waals surface area contributed by atoms with Gasteiger partial charge in [-0.1, -0.05) is 6.92 Å². The molecule has 8 heteroatoms. The first kappa shape index (κ1) is 16.4. The fraction of sp³-hybridized carbons (Fsp3) is 0.500. The van der Waals surface area contributed by atoms with Gasteiger partial charge in [0.1, 0.15) is 11.3 Å². The predicted molar refractivity (Wildman–Crippen MR) is 90.2 cm³/mol. The average Bonchev–Trinajstić information content (AvgIpc) is 2.63. The second-order valence-electron chi connectivity index (χ2n) is 6.00. The molecular weight excluding hydrogens is 310 g/mol. The van der Waals surface area contributed by atoms with E-state index < -0.39 is 11.2 Å². The summed E-state index contributed by atoms with van der Waals surface area (Å²) in [7, 11) is 2.97. The Labute approximate surface area is 138 Å². The number of likely N-dealkylation sites (N-methyl/N-ethyl adjacent to an activating group) is 1. The highest BCUT2D eigenvalue weighted by molar-refractivity contribution is 5.94. The smallest absolute Gasteiger partial charge is 0.332 e. The van der Waals surface area contributed by atoms with E-state index in [0.29, 0.717) is 18.5 Å². The van der Waals surface area contributed by atoms with Gasteiger partial charge in [-0.05, 0) is 18.7 Å². The molecule has 1 saturated heterocycles. The number of carbonyl (C=O) groups excluding carboxylic acids is 1. The highest BCUT2D eigenvalue weighted by atomic mass is 16.2. The second kappa shape index (κ2) is 6.20. The van der Waals surface area contributed by atoms with Gasteiger partial charge >= 0.3 is 5.69 Å². The summed E-state index contributed by atoms with van der Waals surface area (Å²) in [6.45, 7) is 6.07. The number of piperazine rings is 1. The first-order valence-corrected chi connectivity index (χ1v) is 8.02. The number of carbonyl (C=O) groups is 1. The van der Waals surface area contributed by atoms with Gasteiger partial charge in [0.2, 0.25) is 0 Å². The summed E-state index contributed by atoms with van der Waals surface area (Å²) in [4.78, 5) is 45.2. The molecule has 0 radical (unpaired) electrons. The van der Waals surface area contributed by atoms with Crippen LogP contribution in [0.3, 0.4) is 0 Å². The van der Waals surface area contributed by atoms with Crippen LogP contribution in [0.15, 0.2) is 21.7 Å². The van der Waals surface area contributed by atoms with Crippen LogP contribution >= 0.6 is 0 Å². The van der Waals surface area contributed by atoms with Crippen molar-refractivity contribution in [2.75, 3.05) is 32.7 Å². The Hall–Kier alpha value is -2.48. The lowest BCUT2D eigenvalue weighted by Crippen LogP contribution is -2.48. The van der Waals surface area contributed by atoms with Crippen LogP contribution in [0.4, 0.5) is 0 Å². The maximum Gasteiger partial charge on any atom is 0.332 e. The third-order valence-electron chi connectivity index (χ3n) is 4.63. The van der Waals surface area contributed by atoms with Crippen LogP contribution in [-0.2, 0) is 14.1 Å². The molecule has 3 rings (SSSR count). The number of hydrogen-bond donors (Lipinski definition) is 0. The van der Waals surface area contributed by atoms with E-state index in [2.05, 4.69) is 16.8 Å². The van der Waals surface area contributed by atoms with Gasteiger partial charge in [-0.15, -0.1) is 0 Å². The van der Waals surface area contributed by atoms with Crippen molar-refractivity contribution in [3.05, 3.63) is 38.7 Å². The fourth-order valence-corrected chi connectivity index (χ4v) is 3.00. The number of amides is 1. The number of nitrogens with zero attached hydrogens (tertiary/aromatic N) is 5. The van der Waals surface area contributed by atoms with Crippen LogP contribution < -0.4 is 11.2 Å². The zero-order valence-corrected chi connectivity index (χ0v) is 14.2. The molecule has 128 valence electrons. The minimum atomic E-state index is -0.457. The predicted octanol–water partition coefficient (Wildman–Crippen LogP) is -0.590. The lowest BCUT2D eigenvalue weighted by molar-refractivity contribution is 0.0638. The van der Waals surface area contributed by atoms with Crippen molar-refractivity contribution in [3.8, 4) is 0 Å². The summed E-state index contributed by atoms with van der Waals surface area (Å²) < 4.78 is 2.33. The van der Waals surface area contributed by atoms with Gasteiger partial charge in [0.25, 0.3) is 11.5 Å². The normalized spacial score (nSPS) is 15.9. The van der Waals surface area contributed by atoms with Crippen molar-refractivity contribution >= 4 is 16.9 Å². The highest BCUT2D eigenvalue weighted by Gasteiger charge is 2.23. The van der Waals surface area contributed by atoms with Crippen LogP contribution in [0.5, 0.6) is 0 Å². The Morgan fingerprint density at radius 1 is 1.08 bits per heavy atom. The van der Waals surface area contributed by atoms with Gasteiger partial charge in [0, 0.05) is 40.3 Å². The lowest BCUT2D eigenvalue weighted by Gasteiger charge is -2.33. The van der Waals surface area contributed by atoms with Gasteiger partial charge in [-0.25, -0.2) is 9.78 Å². The van der Waals surface area contributed by atoms with Gasteiger partial charge in [0.15, 0.2) is 0 Å². The highest BCUT2D eigenvalue weighted by Crippen LogP contribution is 2.10. The van der Waals surface area contributed by atoms with Gasteiger partial charge < -0.3 is 9.80 Å². The van der Waals surface area contributed by atoms with Crippen molar-refractivity contribution in [2.45, 2.75) is 6.92 Å². The largest absolute Gasteiger partial charge is 0.335 e. The lowest BCUT2D eigenvalue weighted by atomic mass is 10.2. The molecule has 1 fully saturated rings. The van der Waals surface area contributed by atoms with Crippen LogP contribution in [0.1, 0.15) is 17.4 Å². The third-order valence-corrected chi connectivity index (χ3v) is 4.63. The Bertz CT molecular complexity index is 906. The molecule has 0 N–H and O–H groups in total. The van der Waals surface area contributed by atoms with Crippen LogP contribution in [0.2, 0.25) is 0 Å². The summed E-state index contributed by atoms with van der Waals surface area (Å²) >= 11 is 0. The molecule has 2 aromatic rings. The van der Waals surface area contributed by atoms with Crippen molar-refractivity contribution in [1.29, 1.82) is 0 Å². The second-order valence-corrected chi connectivity index (χ2v) is 6.00. The average molecular weight is 331 g/mol. The van der Waals surface area contributed by atoms with Crippen molar-refractivity contribution in [2.24, 2.45) is 14.1 Å². The molecule has 1 amide bonds. The number of rotatable bonds is 2. The molecule has 24 heavy (non-hydrogen) atoms. The summed E-state index contributed by atoms with van der Waals surface area (Å²) in [6.07, 6.45) is 0. The number of fused-ring (bicyclic) bond motifs is 1. The molecule has 3 heterocycles. The van der Waals surface area contributed by atoms with E-state index in [1.165, 1.54) is 11.6 Å². The van der Waals surface area contributed by atoms with Crippen molar-refractivity contribution < 1.29 is 4.79 Å².